The summed E-state index contributed by atoms with van der Waals surface area (Å²) in [5.74, 6) is -1.56. The zero-order valence-electron chi connectivity index (χ0n) is 12.6. The van der Waals surface area contributed by atoms with Crippen molar-refractivity contribution in [1.29, 1.82) is 0 Å². The maximum atomic E-state index is 11.3. The van der Waals surface area contributed by atoms with Crippen LogP contribution in [0.2, 0.25) is 0 Å². The van der Waals surface area contributed by atoms with Gasteiger partial charge in [0, 0.05) is 0 Å². The Kier molecular flexibility index (Phi) is 9.32. The molecule has 0 aromatic rings. The highest BCUT2D eigenvalue weighted by atomic mass is 16.6. The van der Waals surface area contributed by atoms with Crippen LogP contribution in [0.1, 0.15) is 33.1 Å². The molecule has 0 aromatic heterocycles. The minimum atomic E-state index is -0.833. The van der Waals surface area contributed by atoms with Crippen LogP contribution in [0.4, 0.5) is 0 Å². The van der Waals surface area contributed by atoms with E-state index in [4.69, 9.17) is 9.47 Å². The van der Waals surface area contributed by atoms with Crippen LogP contribution in [0.15, 0.2) is 24.3 Å². The summed E-state index contributed by atoms with van der Waals surface area (Å²) in [6, 6.07) is 0. The van der Waals surface area contributed by atoms with Crippen LogP contribution in [0, 0.1) is 0 Å². The molecule has 0 bridgehead atoms. The van der Waals surface area contributed by atoms with Gasteiger partial charge in [-0.25, -0.2) is 0 Å². The summed E-state index contributed by atoms with van der Waals surface area (Å²) in [5.41, 5.74) is 1.54. The van der Waals surface area contributed by atoms with E-state index in [1.807, 2.05) is 0 Å². The predicted octanol–water partition coefficient (Wildman–Crippen LogP) is 1.12. The van der Waals surface area contributed by atoms with Crippen LogP contribution in [-0.2, 0) is 19.1 Å². The van der Waals surface area contributed by atoms with E-state index in [0.29, 0.717) is 12.8 Å². The van der Waals surface area contributed by atoms with Crippen LogP contribution in [-0.4, -0.2) is 47.6 Å². The van der Waals surface area contributed by atoms with E-state index < -0.39 is 30.6 Å². The third-order valence-electron chi connectivity index (χ3n) is 2.33. The SMILES string of the molecule is C=C(C)CC(O)COC(=O)CC(=O)OCC(O)CC(=C)C. The normalized spacial score (nSPS) is 13.1. The molecule has 0 rings (SSSR count). The fourth-order valence-electron chi connectivity index (χ4n) is 1.52. The number of ether oxygens (including phenoxy) is 2. The Hall–Kier alpha value is -1.66. The predicted molar refractivity (Wildman–Crippen MR) is 77.4 cm³/mol. The van der Waals surface area contributed by atoms with E-state index in [2.05, 4.69) is 13.2 Å². The smallest absolute Gasteiger partial charge is 0.317 e. The molecule has 0 radical (unpaired) electrons. The third-order valence-corrected chi connectivity index (χ3v) is 2.33. The summed E-state index contributed by atoms with van der Waals surface area (Å²) < 4.78 is 9.48. The van der Waals surface area contributed by atoms with Gasteiger partial charge in [-0.1, -0.05) is 11.1 Å². The van der Waals surface area contributed by atoms with Crippen molar-refractivity contribution in [2.75, 3.05) is 13.2 Å². The van der Waals surface area contributed by atoms with Crippen LogP contribution < -0.4 is 0 Å². The number of aliphatic hydroxyl groups excluding tert-OH is 2. The minimum absolute atomic E-state index is 0.197. The zero-order valence-corrected chi connectivity index (χ0v) is 12.6. The molecule has 2 unspecified atom stereocenters. The second kappa shape index (κ2) is 10.1. The number of hydrogen-bond donors (Lipinski definition) is 2. The van der Waals surface area contributed by atoms with Crippen molar-refractivity contribution in [1.82, 2.24) is 0 Å². The zero-order chi connectivity index (χ0) is 16.4. The summed E-state index contributed by atoms with van der Waals surface area (Å²) in [7, 11) is 0. The van der Waals surface area contributed by atoms with Gasteiger partial charge in [0.1, 0.15) is 19.6 Å². The lowest BCUT2D eigenvalue weighted by molar-refractivity contribution is -0.157. The largest absolute Gasteiger partial charge is 0.462 e. The van der Waals surface area contributed by atoms with Gasteiger partial charge >= 0.3 is 11.9 Å². The first kappa shape index (κ1) is 19.3. The Bertz CT molecular complexity index is 352. The highest BCUT2D eigenvalue weighted by Gasteiger charge is 2.16. The Balaban J connectivity index is 3.86. The van der Waals surface area contributed by atoms with E-state index in [1.165, 1.54) is 0 Å². The number of carbonyl (C=O) groups is 2. The number of rotatable bonds is 10. The monoisotopic (exact) mass is 300 g/mol. The van der Waals surface area contributed by atoms with Crippen molar-refractivity contribution in [2.45, 2.75) is 45.3 Å². The van der Waals surface area contributed by atoms with Crippen molar-refractivity contribution >= 4 is 11.9 Å². The molecule has 6 nitrogen and oxygen atoms in total. The molecule has 0 spiro atoms. The van der Waals surface area contributed by atoms with Gasteiger partial charge in [0.25, 0.3) is 0 Å². The minimum Gasteiger partial charge on any atom is -0.462 e. The summed E-state index contributed by atoms with van der Waals surface area (Å²) in [6.07, 6.45) is -1.57. The molecule has 0 saturated carbocycles. The summed E-state index contributed by atoms with van der Waals surface area (Å²) >= 11 is 0. The van der Waals surface area contributed by atoms with Gasteiger partial charge in [0.05, 0.1) is 12.2 Å². The van der Waals surface area contributed by atoms with Gasteiger partial charge in [-0.2, -0.15) is 0 Å². The number of hydrogen-bond acceptors (Lipinski definition) is 6. The molecule has 0 fully saturated rings. The fraction of sp³-hybridized carbons (Fsp3) is 0.600. The summed E-state index contributed by atoms with van der Waals surface area (Å²) in [4.78, 5) is 22.7. The lowest BCUT2D eigenvalue weighted by Crippen LogP contribution is -2.23. The molecule has 0 saturated heterocycles. The lowest BCUT2D eigenvalue weighted by atomic mass is 10.1. The van der Waals surface area contributed by atoms with Crippen molar-refractivity contribution in [3.8, 4) is 0 Å². The number of carbonyl (C=O) groups excluding carboxylic acids is 2. The van der Waals surface area contributed by atoms with Crippen molar-refractivity contribution in [2.24, 2.45) is 0 Å². The van der Waals surface area contributed by atoms with Crippen LogP contribution in [0.5, 0.6) is 0 Å². The molecule has 2 atom stereocenters. The Morgan fingerprint density at radius 2 is 1.24 bits per heavy atom. The van der Waals surface area contributed by atoms with E-state index in [0.717, 1.165) is 11.1 Å². The van der Waals surface area contributed by atoms with Gasteiger partial charge in [-0.15, -0.1) is 13.2 Å². The molecule has 21 heavy (non-hydrogen) atoms. The van der Waals surface area contributed by atoms with Gasteiger partial charge < -0.3 is 19.7 Å². The number of aliphatic hydroxyl groups is 2. The molecular weight excluding hydrogens is 276 g/mol. The molecular formula is C15H24O6. The van der Waals surface area contributed by atoms with E-state index in [9.17, 15) is 19.8 Å². The van der Waals surface area contributed by atoms with Gasteiger partial charge in [0.2, 0.25) is 0 Å². The maximum Gasteiger partial charge on any atom is 0.317 e. The average Bonchev–Trinajstić information content (AvgIpc) is 2.32. The highest BCUT2D eigenvalue weighted by molar-refractivity contribution is 5.91. The van der Waals surface area contributed by atoms with Crippen molar-refractivity contribution in [3.05, 3.63) is 24.3 Å². The van der Waals surface area contributed by atoms with Crippen molar-refractivity contribution in [3.63, 3.8) is 0 Å². The first-order valence-corrected chi connectivity index (χ1v) is 6.66. The van der Waals surface area contributed by atoms with Crippen LogP contribution in [0.25, 0.3) is 0 Å². The Labute approximate surface area is 125 Å². The second-order valence-corrected chi connectivity index (χ2v) is 5.17. The molecule has 0 amide bonds. The molecule has 6 heteroatoms. The fourth-order valence-corrected chi connectivity index (χ4v) is 1.52. The molecule has 0 aliphatic carbocycles. The Morgan fingerprint density at radius 3 is 1.52 bits per heavy atom. The topological polar surface area (TPSA) is 93.1 Å². The second-order valence-electron chi connectivity index (χ2n) is 5.17. The molecule has 0 aromatic carbocycles. The van der Waals surface area contributed by atoms with Crippen LogP contribution in [0.3, 0.4) is 0 Å². The Morgan fingerprint density at radius 1 is 0.905 bits per heavy atom. The van der Waals surface area contributed by atoms with Crippen LogP contribution >= 0.6 is 0 Å². The van der Waals surface area contributed by atoms with E-state index in [-0.39, 0.29) is 13.2 Å². The quantitative estimate of drug-likeness (QED) is 0.357. The standard InChI is InChI=1S/C15H24O6/c1-10(2)5-12(16)8-20-14(18)7-15(19)21-9-13(17)6-11(3)4/h12-13,16-17H,1,3,5-9H2,2,4H3. The molecule has 2 N–H and O–H groups in total. The first-order chi connectivity index (χ1) is 9.70. The number of esters is 2. The maximum absolute atomic E-state index is 11.3. The first-order valence-electron chi connectivity index (χ1n) is 6.66. The lowest BCUT2D eigenvalue weighted by Gasteiger charge is -2.12. The van der Waals surface area contributed by atoms with Gasteiger partial charge in [-0.3, -0.25) is 9.59 Å². The van der Waals surface area contributed by atoms with E-state index >= 15 is 0 Å². The molecule has 0 aliphatic heterocycles. The van der Waals surface area contributed by atoms with Gasteiger partial charge in [0.15, 0.2) is 0 Å². The van der Waals surface area contributed by atoms with E-state index in [1.54, 1.807) is 13.8 Å². The summed E-state index contributed by atoms with van der Waals surface area (Å²) in [5, 5.41) is 18.9. The highest BCUT2D eigenvalue weighted by Crippen LogP contribution is 2.04. The molecule has 120 valence electrons. The molecule has 0 aliphatic rings. The molecule has 0 heterocycles. The van der Waals surface area contributed by atoms with Crippen molar-refractivity contribution < 1.29 is 29.3 Å². The van der Waals surface area contributed by atoms with Gasteiger partial charge in [-0.05, 0) is 26.7 Å². The average molecular weight is 300 g/mol. The third kappa shape index (κ3) is 11.8. The summed E-state index contributed by atoms with van der Waals surface area (Å²) in [6.45, 7) is 10.4.